The summed E-state index contributed by atoms with van der Waals surface area (Å²) in [6.07, 6.45) is 1.68. The summed E-state index contributed by atoms with van der Waals surface area (Å²) >= 11 is 1.58. The van der Waals surface area contributed by atoms with Crippen LogP contribution in [-0.4, -0.2) is 10.9 Å². The Hall–Kier alpha value is -2.99. The molecule has 3 aromatic rings. The first kappa shape index (κ1) is 15.9. The smallest absolute Gasteiger partial charge is 0.255 e. The third kappa shape index (κ3) is 4.05. The number of carbonyl (C=O) groups excluding carboxylic acids is 1. The maximum absolute atomic E-state index is 12.2. The number of hydrogen-bond acceptors (Lipinski definition) is 5. The van der Waals surface area contributed by atoms with Crippen LogP contribution in [0.25, 0.3) is 0 Å². The van der Waals surface area contributed by atoms with Crippen molar-refractivity contribution in [2.45, 2.75) is 9.79 Å². The molecule has 0 saturated heterocycles. The van der Waals surface area contributed by atoms with Gasteiger partial charge in [0.15, 0.2) is 0 Å². The lowest BCUT2D eigenvalue weighted by Crippen LogP contribution is -2.11. The lowest BCUT2D eigenvalue weighted by Gasteiger charge is -2.07. The maximum atomic E-state index is 12.2. The molecule has 3 rings (SSSR count). The van der Waals surface area contributed by atoms with Gasteiger partial charge >= 0.3 is 0 Å². The summed E-state index contributed by atoms with van der Waals surface area (Å²) in [5.74, 6) is 0.324. The summed E-state index contributed by atoms with van der Waals surface area (Å²) in [5, 5.41) is 2.86. The fourth-order valence-electron chi connectivity index (χ4n) is 2.07. The Morgan fingerprint density at radius 1 is 0.917 bits per heavy atom. The summed E-state index contributed by atoms with van der Waals surface area (Å²) in [6.45, 7) is 0. The molecule has 2 aromatic carbocycles. The van der Waals surface area contributed by atoms with Gasteiger partial charge in [-0.1, -0.05) is 11.8 Å². The van der Waals surface area contributed by atoms with E-state index in [1.54, 1.807) is 42.2 Å². The molecule has 0 radical (unpaired) electrons. The number of aromatic nitrogens is 1. The first-order valence-electron chi connectivity index (χ1n) is 7.26. The lowest BCUT2D eigenvalue weighted by molar-refractivity contribution is 0.102. The molecular formula is C18H16N4OS. The second-order valence-corrected chi connectivity index (χ2v) is 6.27. The van der Waals surface area contributed by atoms with Crippen LogP contribution >= 0.6 is 11.8 Å². The number of nitrogens with two attached hydrogens (primary N) is 2. The zero-order chi connectivity index (χ0) is 16.9. The van der Waals surface area contributed by atoms with E-state index in [4.69, 9.17) is 11.5 Å². The number of hydrogen-bond donors (Lipinski definition) is 3. The summed E-state index contributed by atoms with van der Waals surface area (Å²) < 4.78 is 0. The van der Waals surface area contributed by atoms with E-state index in [2.05, 4.69) is 10.3 Å². The van der Waals surface area contributed by atoms with Crippen LogP contribution in [0.5, 0.6) is 0 Å². The van der Waals surface area contributed by atoms with Crippen molar-refractivity contribution in [1.29, 1.82) is 0 Å². The molecule has 120 valence electrons. The van der Waals surface area contributed by atoms with Crippen LogP contribution in [0.3, 0.4) is 0 Å². The first-order chi connectivity index (χ1) is 11.6. The average molecular weight is 336 g/mol. The monoisotopic (exact) mass is 336 g/mol. The number of pyridine rings is 1. The van der Waals surface area contributed by atoms with Gasteiger partial charge in [-0.05, 0) is 60.7 Å². The Kier molecular flexibility index (Phi) is 4.67. The quantitative estimate of drug-likeness (QED) is 0.632. The van der Waals surface area contributed by atoms with E-state index < -0.39 is 0 Å². The molecule has 0 aliphatic carbocycles. The summed E-state index contributed by atoms with van der Waals surface area (Å²) in [5.41, 5.74) is 13.2. The second kappa shape index (κ2) is 7.06. The molecule has 0 bridgehead atoms. The molecule has 1 amide bonds. The second-order valence-electron chi connectivity index (χ2n) is 5.12. The van der Waals surface area contributed by atoms with Gasteiger partial charge in [-0.15, -0.1) is 0 Å². The standard InChI is InChI=1S/C18H16N4OS/c19-13-3-1-12(2-4-13)18(23)22-14-5-7-15(8-6-14)24-16-9-10-21-17(20)11-16/h1-11H,19H2,(H2,20,21)(H,22,23). The molecule has 5 nitrogen and oxygen atoms in total. The molecule has 5 N–H and O–H groups in total. The highest BCUT2D eigenvalue weighted by Crippen LogP contribution is 2.29. The van der Waals surface area contributed by atoms with Crippen molar-refractivity contribution in [3.8, 4) is 0 Å². The molecule has 1 heterocycles. The van der Waals surface area contributed by atoms with Crippen LogP contribution in [0.4, 0.5) is 17.2 Å². The SMILES string of the molecule is Nc1ccc(C(=O)Nc2ccc(Sc3ccnc(N)c3)cc2)cc1. The van der Waals surface area contributed by atoms with Crippen molar-refractivity contribution in [2.75, 3.05) is 16.8 Å². The molecular weight excluding hydrogens is 320 g/mol. The fraction of sp³-hybridized carbons (Fsp3) is 0. The van der Waals surface area contributed by atoms with E-state index in [1.807, 2.05) is 36.4 Å². The van der Waals surface area contributed by atoms with Crippen LogP contribution in [0.15, 0.2) is 76.7 Å². The number of nitrogen functional groups attached to an aromatic ring is 2. The minimum Gasteiger partial charge on any atom is -0.399 e. The summed E-state index contributed by atoms with van der Waals surface area (Å²) in [6, 6.07) is 18.1. The van der Waals surface area contributed by atoms with Gasteiger partial charge in [0.2, 0.25) is 0 Å². The van der Waals surface area contributed by atoms with Crippen molar-refractivity contribution >= 4 is 34.9 Å². The number of benzene rings is 2. The third-order valence-electron chi connectivity index (χ3n) is 3.27. The molecule has 0 fully saturated rings. The Morgan fingerprint density at radius 2 is 1.62 bits per heavy atom. The van der Waals surface area contributed by atoms with Crippen LogP contribution in [-0.2, 0) is 0 Å². The van der Waals surface area contributed by atoms with Crippen molar-refractivity contribution in [3.05, 3.63) is 72.4 Å². The van der Waals surface area contributed by atoms with E-state index in [-0.39, 0.29) is 5.91 Å². The van der Waals surface area contributed by atoms with Gasteiger partial charge in [0, 0.05) is 32.9 Å². The normalized spacial score (nSPS) is 10.3. The van der Waals surface area contributed by atoms with E-state index in [0.29, 0.717) is 17.1 Å². The molecule has 0 aliphatic rings. The van der Waals surface area contributed by atoms with Crippen LogP contribution < -0.4 is 16.8 Å². The Bertz CT molecular complexity index is 848. The molecule has 6 heteroatoms. The Labute approximate surface area is 144 Å². The predicted octanol–water partition coefficient (Wildman–Crippen LogP) is 3.65. The molecule has 0 spiro atoms. The molecule has 24 heavy (non-hydrogen) atoms. The molecule has 1 aromatic heterocycles. The van der Waals surface area contributed by atoms with Crippen molar-refractivity contribution in [3.63, 3.8) is 0 Å². The first-order valence-corrected chi connectivity index (χ1v) is 8.08. The fourth-order valence-corrected chi connectivity index (χ4v) is 2.92. The Balaban J connectivity index is 1.66. The highest BCUT2D eigenvalue weighted by molar-refractivity contribution is 7.99. The number of rotatable bonds is 4. The van der Waals surface area contributed by atoms with Gasteiger partial charge in [-0.2, -0.15) is 0 Å². The molecule has 0 atom stereocenters. The maximum Gasteiger partial charge on any atom is 0.255 e. The van der Waals surface area contributed by atoms with E-state index in [0.717, 1.165) is 15.5 Å². The minimum absolute atomic E-state index is 0.169. The summed E-state index contributed by atoms with van der Waals surface area (Å²) in [4.78, 5) is 18.2. The van der Waals surface area contributed by atoms with E-state index in [1.165, 1.54) is 0 Å². The topological polar surface area (TPSA) is 94.0 Å². The highest BCUT2D eigenvalue weighted by Gasteiger charge is 2.06. The predicted molar refractivity (Wildman–Crippen MR) is 98.0 cm³/mol. The number of nitrogens with zero attached hydrogens (tertiary/aromatic N) is 1. The van der Waals surface area contributed by atoms with Crippen LogP contribution in [0, 0.1) is 0 Å². The van der Waals surface area contributed by atoms with Gasteiger partial charge in [-0.3, -0.25) is 4.79 Å². The van der Waals surface area contributed by atoms with Gasteiger partial charge < -0.3 is 16.8 Å². The van der Waals surface area contributed by atoms with Gasteiger partial charge in [0.25, 0.3) is 5.91 Å². The molecule has 0 aliphatic heterocycles. The lowest BCUT2D eigenvalue weighted by atomic mass is 10.2. The number of carbonyl (C=O) groups is 1. The highest BCUT2D eigenvalue weighted by atomic mass is 32.2. The number of amides is 1. The van der Waals surface area contributed by atoms with E-state index in [9.17, 15) is 4.79 Å². The number of nitrogens with one attached hydrogen (secondary N) is 1. The molecule has 0 saturated carbocycles. The molecule has 0 unspecified atom stereocenters. The zero-order valence-electron chi connectivity index (χ0n) is 12.8. The largest absolute Gasteiger partial charge is 0.399 e. The zero-order valence-corrected chi connectivity index (χ0v) is 13.6. The van der Waals surface area contributed by atoms with Crippen molar-refractivity contribution < 1.29 is 4.79 Å². The minimum atomic E-state index is -0.169. The van der Waals surface area contributed by atoms with Crippen molar-refractivity contribution in [2.24, 2.45) is 0 Å². The summed E-state index contributed by atoms with van der Waals surface area (Å²) in [7, 11) is 0. The third-order valence-corrected chi connectivity index (χ3v) is 4.27. The van der Waals surface area contributed by atoms with Gasteiger partial charge in [-0.25, -0.2) is 4.98 Å². The average Bonchev–Trinajstić information content (AvgIpc) is 2.57. The number of anilines is 3. The van der Waals surface area contributed by atoms with E-state index >= 15 is 0 Å². The van der Waals surface area contributed by atoms with Gasteiger partial charge in [0.1, 0.15) is 5.82 Å². The Morgan fingerprint density at radius 3 is 2.29 bits per heavy atom. The van der Waals surface area contributed by atoms with Crippen LogP contribution in [0.2, 0.25) is 0 Å². The van der Waals surface area contributed by atoms with Gasteiger partial charge in [0.05, 0.1) is 0 Å². The van der Waals surface area contributed by atoms with Crippen molar-refractivity contribution in [1.82, 2.24) is 4.98 Å². The van der Waals surface area contributed by atoms with Crippen LogP contribution in [0.1, 0.15) is 10.4 Å².